The van der Waals surface area contributed by atoms with Crippen LogP contribution in [0.1, 0.15) is 52.0 Å². The number of H-pyrrole nitrogens is 1. The second-order valence-electron chi connectivity index (χ2n) is 5.36. The first-order valence-corrected chi connectivity index (χ1v) is 9.28. The monoisotopic (exact) mass is 327 g/mol. The summed E-state index contributed by atoms with van der Waals surface area (Å²) < 4.78 is 0. The lowest BCUT2D eigenvalue weighted by molar-refractivity contribution is 0.324. The molecule has 0 aromatic carbocycles. The van der Waals surface area contributed by atoms with Gasteiger partial charge in [0.25, 0.3) is 5.56 Å². The largest absolute Gasteiger partial charge is 0.493 e. The molecule has 0 aliphatic carbocycles. The van der Waals surface area contributed by atoms with Crippen LogP contribution in [0.4, 0.5) is 0 Å². The van der Waals surface area contributed by atoms with E-state index in [1.54, 1.807) is 0 Å². The quantitative estimate of drug-likeness (QED) is 0.371. The van der Waals surface area contributed by atoms with Crippen LogP contribution in [0.5, 0.6) is 5.88 Å². The Balaban J connectivity index is 2.55. The highest BCUT2D eigenvalue weighted by Gasteiger charge is 2.11. The molecule has 1 rings (SSSR count). The van der Waals surface area contributed by atoms with Crippen LogP contribution in [0.2, 0.25) is 0 Å². The molecule has 0 fully saturated rings. The topological polar surface area (TPSA) is 69.2 Å². The number of nitrogens with one attached hydrogen (secondary N) is 1. The highest BCUT2D eigenvalue weighted by molar-refractivity contribution is 7.99. The van der Waals surface area contributed by atoms with Gasteiger partial charge in [0.1, 0.15) is 0 Å². The summed E-state index contributed by atoms with van der Waals surface area (Å²) in [6.45, 7) is 9.39. The average Bonchev–Trinajstić information content (AvgIpc) is 2.50. The van der Waals surface area contributed by atoms with Gasteiger partial charge >= 0.3 is 0 Å². The van der Waals surface area contributed by atoms with E-state index in [1.807, 2.05) is 0 Å². The zero-order valence-corrected chi connectivity index (χ0v) is 14.8. The number of nitrogens with zero attached hydrogens (tertiary/aromatic N) is 2. The van der Waals surface area contributed by atoms with Crippen molar-refractivity contribution in [2.24, 2.45) is 0 Å². The summed E-state index contributed by atoms with van der Waals surface area (Å²) in [6.07, 6.45) is 4.91. The van der Waals surface area contributed by atoms with Crippen LogP contribution in [0.3, 0.4) is 0 Å². The zero-order valence-electron chi connectivity index (χ0n) is 14.0. The highest BCUT2D eigenvalue weighted by atomic mass is 32.2. The van der Waals surface area contributed by atoms with Crippen molar-refractivity contribution in [1.82, 2.24) is 14.9 Å². The smallest absolute Gasteiger partial charge is 0.258 e. The number of unbranched alkanes of at least 4 members (excludes halogenated alkanes) is 3. The molecule has 1 aromatic rings. The Bertz CT molecular complexity index is 487. The number of hydrogen-bond donors (Lipinski definition) is 2. The van der Waals surface area contributed by atoms with Crippen molar-refractivity contribution in [2.45, 2.75) is 58.0 Å². The van der Waals surface area contributed by atoms with E-state index in [0.29, 0.717) is 17.1 Å². The fraction of sp³-hybridized carbons (Fsp3) is 0.750. The first kappa shape index (κ1) is 19.0. The first-order valence-electron chi connectivity index (χ1n) is 8.29. The van der Waals surface area contributed by atoms with Crippen LogP contribution in [0, 0.1) is 0 Å². The maximum absolute atomic E-state index is 12.1. The van der Waals surface area contributed by atoms with Crippen molar-refractivity contribution in [1.29, 1.82) is 0 Å². The Kier molecular flexibility index (Phi) is 9.24. The molecule has 0 saturated heterocycles. The van der Waals surface area contributed by atoms with E-state index in [2.05, 4.69) is 35.6 Å². The molecule has 0 radical (unpaired) electrons. The maximum Gasteiger partial charge on any atom is 0.258 e. The third-order valence-electron chi connectivity index (χ3n) is 3.79. The van der Waals surface area contributed by atoms with Crippen molar-refractivity contribution in [3.05, 3.63) is 15.9 Å². The van der Waals surface area contributed by atoms with E-state index in [9.17, 15) is 9.90 Å². The number of aromatic hydroxyl groups is 1. The van der Waals surface area contributed by atoms with Gasteiger partial charge in [0.2, 0.25) is 5.88 Å². The molecule has 0 spiro atoms. The van der Waals surface area contributed by atoms with Crippen LogP contribution >= 0.6 is 11.8 Å². The van der Waals surface area contributed by atoms with Crippen LogP contribution in [0.15, 0.2) is 9.95 Å². The summed E-state index contributed by atoms with van der Waals surface area (Å²) in [5.74, 6) is 0.741. The van der Waals surface area contributed by atoms with E-state index in [0.717, 1.165) is 51.1 Å². The lowest BCUT2D eigenvalue weighted by atomic mass is 10.1. The molecule has 2 N–H and O–H groups in total. The fourth-order valence-electron chi connectivity index (χ4n) is 2.30. The minimum absolute atomic E-state index is 0.106. The van der Waals surface area contributed by atoms with Gasteiger partial charge in [-0.3, -0.25) is 4.79 Å². The van der Waals surface area contributed by atoms with Gasteiger partial charge in [-0.2, -0.15) is 4.98 Å². The lowest BCUT2D eigenvalue weighted by Gasteiger charge is -2.17. The Labute approximate surface area is 137 Å². The predicted octanol–water partition coefficient (Wildman–Crippen LogP) is 3.03. The SMILES string of the molecule is CCCCCCc1c(O)nc(SCCN(CC)CC)[nH]c1=O. The Hall–Kier alpha value is -1.01. The van der Waals surface area contributed by atoms with Gasteiger partial charge in [-0.15, -0.1) is 0 Å². The molecule has 126 valence electrons. The van der Waals surface area contributed by atoms with Gasteiger partial charge in [-0.25, -0.2) is 0 Å². The average molecular weight is 327 g/mol. The molecular formula is C16H29N3O2S. The summed E-state index contributed by atoms with van der Waals surface area (Å²) in [4.78, 5) is 21.3. The second-order valence-corrected chi connectivity index (χ2v) is 6.44. The van der Waals surface area contributed by atoms with E-state index in [1.165, 1.54) is 11.8 Å². The molecule has 6 heteroatoms. The molecule has 0 atom stereocenters. The normalized spacial score (nSPS) is 11.3. The molecule has 1 heterocycles. The van der Waals surface area contributed by atoms with Gasteiger partial charge in [0.15, 0.2) is 5.16 Å². The zero-order chi connectivity index (χ0) is 16.4. The third kappa shape index (κ3) is 6.40. The first-order chi connectivity index (χ1) is 10.6. The Morgan fingerprint density at radius 3 is 2.50 bits per heavy atom. The van der Waals surface area contributed by atoms with Crippen molar-refractivity contribution < 1.29 is 5.11 Å². The van der Waals surface area contributed by atoms with Gasteiger partial charge in [0, 0.05) is 12.3 Å². The molecule has 0 amide bonds. The third-order valence-corrected chi connectivity index (χ3v) is 4.65. The van der Waals surface area contributed by atoms with Gasteiger partial charge in [-0.05, 0) is 25.9 Å². The van der Waals surface area contributed by atoms with Crippen LogP contribution in [0.25, 0.3) is 0 Å². The summed E-state index contributed by atoms with van der Waals surface area (Å²) in [5.41, 5.74) is 0.221. The van der Waals surface area contributed by atoms with Gasteiger partial charge < -0.3 is 15.0 Å². The van der Waals surface area contributed by atoms with E-state index < -0.39 is 0 Å². The molecular weight excluding hydrogens is 298 g/mol. The minimum Gasteiger partial charge on any atom is -0.493 e. The summed E-state index contributed by atoms with van der Waals surface area (Å²) in [6, 6.07) is 0. The molecule has 0 saturated carbocycles. The van der Waals surface area contributed by atoms with E-state index in [-0.39, 0.29) is 11.4 Å². The molecule has 5 nitrogen and oxygen atoms in total. The van der Waals surface area contributed by atoms with Crippen LogP contribution < -0.4 is 5.56 Å². The van der Waals surface area contributed by atoms with E-state index >= 15 is 0 Å². The lowest BCUT2D eigenvalue weighted by Crippen LogP contribution is -2.25. The minimum atomic E-state index is -0.200. The number of hydrogen-bond acceptors (Lipinski definition) is 5. The Morgan fingerprint density at radius 1 is 1.18 bits per heavy atom. The molecule has 0 aliphatic heterocycles. The molecule has 0 bridgehead atoms. The van der Waals surface area contributed by atoms with Crippen molar-refractivity contribution in [2.75, 3.05) is 25.4 Å². The number of thioether (sulfide) groups is 1. The predicted molar refractivity (Wildman–Crippen MR) is 92.9 cm³/mol. The van der Waals surface area contributed by atoms with Crippen molar-refractivity contribution in [3.63, 3.8) is 0 Å². The highest BCUT2D eigenvalue weighted by Crippen LogP contribution is 2.18. The second kappa shape index (κ2) is 10.7. The van der Waals surface area contributed by atoms with Gasteiger partial charge in [-0.1, -0.05) is 51.8 Å². The standard InChI is InChI=1S/C16H29N3O2S/c1-4-7-8-9-10-13-14(20)17-16(18-15(13)21)22-12-11-19(5-2)6-3/h4-12H2,1-3H3,(H2,17,18,20,21). The fourth-order valence-corrected chi connectivity index (χ4v) is 3.16. The van der Waals surface area contributed by atoms with Crippen LogP contribution in [-0.2, 0) is 6.42 Å². The van der Waals surface area contributed by atoms with Crippen LogP contribution in [-0.4, -0.2) is 45.4 Å². The molecule has 22 heavy (non-hydrogen) atoms. The molecule has 0 aliphatic rings. The number of aromatic nitrogens is 2. The molecule has 1 aromatic heterocycles. The number of aromatic amines is 1. The molecule has 0 unspecified atom stereocenters. The Morgan fingerprint density at radius 2 is 1.91 bits per heavy atom. The van der Waals surface area contributed by atoms with E-state index in [4.69, 9.17) is 0 Å². The summed E-state index contributed by atoms with van der Waals surface area (Å²) >= 11 is 1.48. The number of rotatable bonds is 11. The van der Waals surface area contributed by atoms with Crippen molar-refractivity contribution >= 4 is 11.8 Å². The van der Waals surface area contributed by atoms with Crippen molar-refractivity contribution in [3.8, 4) is 5.88 Å². The van der Waals surface area contributed by atoms with Gasteiger partial charge in [0.05, 0.1) is 5.56 Å². The summed E-state index contributed by atoms with van der Waals surface area (Å²) in [5, 5.41) is 10.5. The maximum atomic E-state index is 12.1. The summed E-state index contributed by atoms with van der Waals surface area (Å²) in [7, 11) is 0.